The summed E-state index contributed by atoms with van der Waals surface area (Å²) < 4.78 is 5.85. The summed E-state index contributed by atoms with van der Waals surface area (Å²) in [4.78, 5) is 9.17. The van der Waals surface area contributed by atoms with Gasteiger partial charge in [0.05, 0.1) is 11.9 Å². The maximum atomic E-state index is 5.85. The summed E-state index contributed by atoms with van der Waals surface area (Å²) in [6.07, 6.45) is 6.54. The topological polar surface area (TPSA) is 47.0 Å². The van der Waals surface area contributed by atoms with Gasteiger partial charge in [-0.1, -0.05) is 30.3 Å². The lowest BCUT2D eigenvalue weighted by atomic mass is 9.96. The van der Waals surface area contributed by atoms with Crippen molar-refractivity contribution < 1.29 is 4.74 Å². The van der Waals surface area contributed by atoms with Crippen molar-refractivity contribution in [1.82, 2.24) is 15.3 Å². The van der Waals surface area contributed by atoms with Crippen molar-refractivity contribution >= 4 is 0 Å². The molecule has 1 N–H and O–H groups in total. The number of nitrogens with zero attached hydrogens (tertiary/aromatic N) is 2. The highest BCUT2D eigenvalue weighted by atomic mass is 16.5. The van der Waals surface area contributed by atoms with Crippen LogP contribution in [0.25, 0.3) is 0 Å². The third-order valence-corrected chi connectivity index (χ3v) is 4.39. The van der Waals surface area contributed by atoms with Crippen LogP contribution < -0.4 is 10.1 Å². The number of benzene rings is 1. The summed E-state index contributed by atoms with van der Waals surface area (Å²) in [5, 5.41) is 3.45. The average Bonchev–Trinajstić information content (AvgIpc) is 2.84. The maximum Gasteiger partial charge on any atom is 0.159 e. The van der Waals surface area contributed by atoms with Gasteiger partial charge in [-0.2, -0.15) is 0 Å². The van der Waals surface area contributed by atoms with Gasteiger partial charge in [-0.25, -0.2) is 9.97 Å². The highest BCUT2D eigenvalue weighted by Crippen LogP contribution is 2.20. The number of aromatic nitrogens is 2. The van der Waals surface area contributed by atoms with Gasteiger partial charge in [0.15, 0.2) is 5.75 Å². The fourth-order valence-corrected chi connectivity index (χ4v) is 3.03. The van der Waals surface area contributed by atoms with Gasteiger partial charge in [-0.3, -0.25) is 0 Å². The van der Waals surface area contributed by atoms with E-state index >= 15 is 0 Å². The fraction of sp³-hybridized carbons (Fsp3) is 0.474. The maximum absolute atomic E-state index is 5.85. The second kappa shape index (κ2) is 8.06. The fourth-order valence-electron chi connectivity index (χ4n) is 3.03. The minimum atomic E-state index is 0.554. The minimum absolute atomic E-state index is 0.554. The smallest absolute Gasteiger partial charge is 0.159 e. The van der Waals surface area contributed by atoms with Gasteiger partial charge < -0.3 is 10.1 Å². The second-order valence-electron chi connectivity index (χ2n) is 6.26. The number of nitrogens with one attached hydrogen (secondary N) is 1. The van der Waals surface area contributed by atoms with Gasteiger partial charge in [0, 0.05) is 6.42 Å². The van der Waals surface area contributed by atoms with Crippen molar-refractivity contribution in [1.29, 1.82) is 0 Å². The number of hydrogen-bond acceptors (Lipinski definition) is 4. The van der Waals surface area contributed by atoms with E-state index in [1.807, 2.05) is 31.3 Å². The first-order chi connectivity index (χ1) is 11.3. The van der Waals surface area contributed by atoms with Crippen molar-refractivity contribution in [2.45, 2.75) is 39.2 Å². The summed E-state index contributed by atoms with van der Waals surface area (Å²) in [6.45, 7) is 4.81. The molecule has 0 radical (unpaired) electrons. The molecule has 3 rings (SSSR count). The monoisotopic (exact) mass is 311 g/mol. The predicted molar refractivity (Wildman–Crippen MR) is 91.5 cm³/mol. The third kappa shape index (κ3) is 4.76. The van der Waals surface area contributed by atoms with Crippen LogP contribution in [0.5, 0.6) is 5.75 Å². The molecule has 1 aliphatic rings. The quantitative estimate of drug-likeness (QED) is 0.920. The summed E-state index contributed by atoms with van der Waals surface area (Å²) in [6, 6.07) is 10.2. The molecule has 122 valence electrons. The van der Waals surface area contributed by atoms with Crippen LogP contribution in [0, 0.1) is 12.8 Å². The SMILES string of the molecule is Cc1nc(CC2CCCNCC2)ncc1OCc1ccccc1. The molecule has 23 heavy (non-hydrogen) atoms. The Balaban J connectivity index is 1.59. The zero-order chi connectivity index (χ0) is 15.9. The van der Waals surface area contributed by atoms with Gasteiger partial charge in [0.25, 0.3) is 0 Å². The van der Waals surface area contributed by atoms with E-state index in [2.05, 4.69) is 27.4 Å². The van der Waals surface area contributed by atoms with Gasteiger partial charge in [-0.15, -0.1) is 0 Å². The molecule has 2 heterocycles. The van der Waals surface area contributed by atoms with Crippen LogP contribution in [0.2, 0.25) is 0 Å². The molecule has 4 nitrogen and oxygen atoms in total. The van der Waals surface area contributed by atoms with Crippen molar-refractivity contribution in [3.63, 3.8) is 0 Å². The van der Waals surface area contributed by atoms with E-state index < -0.39 is 0 Å². The minimum Gasteiger partial charge on any atom is -0.485 e. The molecular weight excluding hydrogens is 286 g/mol. The van der Waals surface area contributed by atoms with Crippen molar-refractivity contribution in [2.24, 2.45) is 5.92 Å². The Kier molecular flexibility index (Phi) is 5.59. The van der Waals surface area contributed by atoms with Crippen molar-refractivity contribution in [3.05, 3.63) is 53.6 Å². The molecule has 0 aliphatic carbocycles. The Labute approximate surface area is 138 Å². The number of rotatable bonds is 5. The molecule has 1 aliphatic heterocycles. The van der Waals surface area contributed by atoms with Crippen LogP contribution in [0.15, 0.2) is 36.5 Å². The molecule has 1 saturated heterocycles. The summed E-state index contributed by atoms with van der Waals surface area (Å²) in [5.41, 5.74) is 2.08. The highest BCUT2D eigenvalue weighted by molar-refractivity contribution is 5.24. The van der Waals surface area contributed by atoms with Crippen LogP contribution in [0.1, 0.15) is 36.3 Å². The Bertz CT molecular complexity index is 607. The molecule has 0 bridgehead atoms. The Hall–Kier alpha value is -1.94. The van der Waals surface area contributed by atoms with Gasteiger partial charge >= 0.3 is 0 Å². The zero-order valence-electron chi connectivity index (χ0n) is 13.8. The molecule has 0 amide bonds. The highest BCUT2D eigenvalue weighted by Gasteiger charge is 2.15. The lowest BCUT2D eigenvalue weighted by Crippen LogP contribution is -2.15. The van der Waals surface area contributed by atoms with Crippen LogP contribution in [0.3, 0.4) is 0 Å². The molecule has 0 spiro atoms. The van der Waals surface area contributed by atoms with Gasteiger partial charge in [-0.05, 0) is 50.8 Å². The summed E-state index contributed by atoms with van der Waals surface area (Å²) in [5.74, 6) is 2.42. The van der Waals surface area contributed by atoms with E-state index in [1.165, 1.54) is 19.3 Å². The van der Waals surface area contributed by atoms with Crippen molar-refractivity contribution in [3.8, 4) is 5.75 Å². The average molecular weight is 311 g/mol. The van der Waals surface area contributed by atoms with Crippen molar-refractivity contribution in [2.75, 3.05) is 13.1 Å². The molecule has 1 fully saturated rings. The predicted octanol–water partition coefficient (Wildman–Crippen LogP) is 3.30. The summed E-state index contributed by atoms with van der Waals surface area (Å²) in [7, 11) is 0. The van der Waals surface area contributed by atoms with Crippen LogP contribution in [-0.2, 0) is 13.0 Å². The second-order valence-corrected chi connectivity index (χ2v) is 6.26. The lowest BCUT2D eigenvalue weighted by molar-refractivity contribution is 0.300. The van der Waals surface area contributed by atoms with E-state index in [0.717, 1.165) is 42.3 Å². The molecule has 2 aromatic rings. The molecule has 1 aromatic carbocycles. The number of hydrogen-bond donors (Lipinski definition) is 1. The van der Waals surface area contributed by atoms with Gasteiger partial charge in [0.1, 0.15) is 12.4 Å². The first kappa shape index (κ1) is 15.9. The Morgan fingerprint density at radius 2 is 2.04 bits per heavy atom. The Morgan fingerprint density at radius 3 is 2.87 bits per heavy atom. The van der Waals surface area contributed by atoms with E-state index in [4.69, 9.17) is 4.74 Å². The first-order valence-electron chi connectivity index (χ1n) is 8.51. The van der Waals surface area contributed by atoms with Gasteiger partial charge in [0.2, 0.25) is 0 Å². The van der Waals surface area contributed by atoms with E-state index in [9.17, 15) is 0 Å². The standard InChI is InChI=1S/C19H25N3O/c1-15-18(23-14-17-6-3-2-4-7-17)13-21-19(22-15)12-16-8-5-10-20-11-9-16/h2-4,6-7,13,16,20H,5,8-12,14H2,1H3. The molecule has 4 heteroatoms. The Morgan fingerprint density at radius 1 is 1.17 bits per heavy atom. The normalized spacial score (nSPS) is 18.4. The van der Waals surface area contributed by atoms with Crippen LogP contribution in [0.4, 0.5) is 0 Å². The third-order valence-electron chi connectivity index (χ3n) is 4.39. The zero-order valence-corrected chi connectivity index (χ0v) is 13.8. The molecule has 1 aromatic heterocycles. The molecule has 1 unspecified atom stereocenters. The largest absolute Gasteiger partial charge is 0.485 e. The van der Waals surface area contributed by atoms with E-state index in [0.29, 0.717) is 12.5 Å². The number of ether oxygens (including phenoxy) is 1. The van der Waals surface area contributed by atoms with Crippen LogP contribution in [-0.4, -0.2) is 23.1 Å². The van der Waals surface area contributed by atoms with E-state index in [-0.39, 0.29) is 0 Å². The molecular formula is C19H25N3O. The summed E-state index contributed by atoms with van der Waals surface area (Å²) >= 11 is 0. The first-order valence-corrected chi connectivity index (χ1v) is 8.51. The molecule has 1 atom stereocenters. The molecule has 0 saturated carbocycles. The van der Waals surface area contributed by atoms with Crippen LogP contribution >= 0.6 is 0 Å². The van der Waals surface area contributed by atoms with E-state index in [1.54, 1.807) is 0 Å². The lowest BCUT2D eigenvalue weighted by Gasteiger charge is -2.14. The number of aryl methyl sites for hydroxylation is 1.